The smallest absolute Gasteiger partial charge is 0.193 e. The van der Waals surface area contributed by atoms with E-state index in [1.165, 1.54) is 0 Å². The molecule has 1 heterocycles. The minimum atomic E-state index is -0.108. The number of aromatic nitrogens is 1. The molecule has 0 aliphatic heterocycles. The summed E-state index contributed by atoms with van der Waals surface area (Å²) < 4.78 is 0. The molecule has 0 unspecified atom stereocenters. The van der Waals surface area contributed by atoms with E-state index in [4.69, 9.17) is 16.9 Å². The molecule has 0 atom stereocenters. The summed E-state index contributed by atoms with van der Waals surface area (Å²) in [5.41, 5.74) is 2.87. The first kappa shape index (κ1) is 11.7. The van der Waals surface area contributed by atoms with Gasteiger partial charge in [0.05, 0.1) is 18.0 Å². The molecule has 0 saturated heterocycles. The second-order valence-corrected chi connectivity index (χ2v) is 4.47. The standard InChI is InChI=1S/C13H11ClN2O/c1-7-5-9(14)6-11-12(7)16-8(2)10(3-4-15)13(11)17/h5-6H,3H2,1-2H3,(H,16,17). The van der Waals surface area contributed by atoms with E-state index in [9.17, 15) is 4.79 Å². The first-order valence-corrected chi connectivity index (χ1v) is 5.61. The van der Waals surface area contributed by atoms with Crippen molar-refractivity contribution < 1.29 is 0 Å². The molecule has 0 spiro atoms. The molecule has 1 aromatic carbocycles. The van der Waals surface area contributed by atoms with Gasteiger partial charge in [-0.15, -0.1) is 0 Å². The van der Waals surface area contributed by atoms with Gasteiger partial charge in [-0.05, 0) is 31.5 Å². The number of pyridine rings is 1. The van der Waals surface area contributed by atoms with Crippen molar-refractivity contribution in [1.82, 2.24) is 4.98 Å². The third-order valence-corrected chi connectivity index (χ3v) is 3.06. The average molecular weight is 247 g/mol. The Morgan fingerprint density at radius 1 is 1.41 bits per heavy atom. The van der Waals surface area contributed by atoms with Crippen LogP contribution in [0, 0.1) is 25.2 Å². The third kappa shape index (κ3) is 1.92. The van der Waals surface area contributed by atoms with Gasteiger partial charge in [0.15, 0.2) is 5.43 Å². The number of aromatic amines is 1. The number of nitriles is 1. The first-order valence-electron chi connectivity index (χ1n) is 5.23. The Kier molecular flexibility index (Phi) is 2.91. The topological polar surface area (TPSA) is 56.6 Å². The van der Waals surface area contributed by atoms with Crippen molar-refractivity contribution >= 4 is 22.5 Å². The molecule has 2 aromatic rings. The van der Waals surface area contributed by atoms with Gasteiger partial charge in [-0.25, -0.2) is 0 Å². The number of halogens is 1. The molecule has 0 bridgehead atoms. The normalized spacial score (nSPS) is 10.5. The van der Waals surface area contributed by atoms with E-state index in [1.54, 1.807) is 6.07 Å². The zero-order valence-electron chi connectivity index (χ0n) is 9.60. The summed E-state index contributed by atoms with van der Waals surface area (Å²) in [6.45, 7) is 3.70. The highest BCUT2D eigenvalue weighted by Gasteiger charge is 2.11. The molecule has 1 aromatic heterocycles. The Bertz CT molecular complexity index is 695. The highest BCUT2D eigenvalue weighted by Crippen LogP contribution is 2.21. The highest BCUT2D eigenvalue weighted by atomic mass is 35.5. The van der Waals surface area contributed by atoms with Crippen LogP contribution >= 0.6 is 11.6 Å². The molecule has 17 heavy (non-hydrogen) atoms. The molecule has 1 N–H and O–H groups in total. The van der Waals surface area contributed by atoms with Crippen molar-refractivity contribution in [2.45, 2.75) is 20.3 Å². The van der Waals surface area contributed by atoms with E-state index in [0.717, 1.165) is 16.8 Å². The number of benzene rings is 1. The Hall–Kier alpha value is -1.79. The van der Waals surface area contributed by atoms with Crippen LogP contribution in [0.3, 0.4) is 0 Å². The summed E-state index contributed by atoms with van der Waals surface area (Å²) in [7, 11) is 0. The maximum atomic E-state index is 12.2. The SMILES string of the molecule is Cc1[nH]c2c(C)cc(Cl)cc2c(=O)c1CC#N. The molecule has 0 aliphatic rings. The van der Waals surface area contributed by atoms with Crippen molar-refractivity contribution in [2.75, 3.05) is 0 Å². The lowest BCUT2D eigenvalue weighted by molar-refractivity contribution is 1.11. The van der Waals surface area contributed by atoms with Crippen molar-refractivity contribution in [3.05, 3.63) is 44.2 Å². The Morgan fingerprint density at radius 2 is 2.12 bits per heavy atom. The van der Waals surface area contributed by atoms with Crippen LogP contribution < -0.4 is 5.43 Å². The summed E-state index contributed by atoms with van der Waals surface area (Å²) in [5, 5.41) is 9.80. The predicted molar refractivity (Wildman–Crippen MR) is 68.4 cm³/mol. The summed E-state index contributed by atoms with van der Waals surface area (Å²) >= 11 is 5.95. The first-order chi connectivity index (χ1) is 8.04. The summed E-state index contributed by atoms with van der Waals surface area (Å²) in [6, 6.07) is 5.46. The van der Waals surface area contributed by atoms with Crippen LogP contribution in [0.4, 0.5) is 0 Å². The Labute approximate surface area is 104 Å². The molecule has 86 valence electrons. The number of hydrogen-bond acceptors (Lipinski definition) is 2. The van der Waals surface area contributed by atoms with Crippen LogP contribution in [-0.2, 0) is 6.42 Å². The van der Waals surface area contributed by atoms with Gasteiger partial charge in [-0.2, -0.15) is 5.26 Å². The zero-order valence-corrected chi connectivity index (χ0v) is 10.4. The van der Waals surface area contributed by atoms with Gasteiger partial charge in [0.25, 0.3) is 0 Å². The van der Waals surface area contributed by atoms with Crippen molar-refractivity contribution in [1.29, 1.82) is 5.26 Å². The largest absolute Gasteiger partial charge is 0.358 e. The lowest BCUT2D eigenvalue weighted by Crippen LogP contribution is -2.13. The monoisotopic (exact) mass is 246 g/mol. The molecule has 0 amide bonds. The van der Waals surface area contributed by atoms with E-state index in [2.05, 4.69) is 4.98 Å². The second-order valence-electron chi connectivity index (χ2n) is 4.04. The quantitative estimate of drug-likeness (QED) is 0.841. The van der Waals surface area contributed by atoms with Crippen LogP contribution in [0.25, 0.3) is 10.9 Å². The van der Waals surface area contributed by atoms with Crippen LogP contribution in [-0.4, -0.2) is 4.98 Å². The minimum absolute atomic E-state index is 0.108. The molecule has 0 saturated carbocycles. The summed E-state index contributed by atoms with van der Waals surface area (Å²) in [5.74, 6) is 0. The number of aryl methyl sites for hydroxylation is 2. The van der Waals surface area contributed by atoms with Gasteiger partial charge < -0.3 is 4.98 Å². The molecule has 0 fully saturated rings. The fourth-order valence-corrected chi connectivity index (χ4v) is 2.25. The third-order valence-electron chi connectivity index (χ3n) is 2.84. The lowest BCUT2D eigenvalue weighted by Gasteiger charge is -2.08. The number of nitrogens with one attached hydrogen (secondary N) is 1. The number of nitrogens with zero attached hydrogens (tertiary/aromatic N) is 1. The fraction of sp³-hybridized carbons (Fsp3) is 0.231. The highest BCUT2D eigenvalue weighted by molar-refractivity contribution is 6.31. The van der Waals surface area contributed by atoms with Gasteiger partial charge in [-0.3, -0.25) is 4.79 Å². The number of fused-ring (bicyclic) bond motifs is 1. The lowest BCUT2D eigenvalue weighted by atomic mass is 10.0. The number of H-pyrrole nitrogens is 1. The molecular formula is C13H11ClN2O. The van der Waals surface area contributed by atoms with Crippen LogP contribution in [0.15, 0.2) is 16.9 Å². The van der Waals surface area contributed by atoms with E-state index in [1.807, 2.05) is 26.0 Å². The Balaban J connectivity index is 2.93. The molecule has 2 rings (SSSR count). The maximum Gasteiger partial charge on any atom is 0.193 e. The zero-order chi connectivity index (χ0) is 12.6. The Morgan fingerprint density at radius 3 is 2.76 bits per heavy atom. The van der Waals surface area contributed by atoms with Gasteiger partial charge >= 0.3 is 0 Å². The van der Waals surface area contributed by atoms with Crippen LogP contribution in [0.1, 0.15) is 16.8 Å². The second kappa shape index (κ2) is 4.23. The van der Waals surface area contributed by atoms with E-state index in [-0.39, 0.29) is 11.8 Å². The molecule has 3 nitrogen and oxygen atoms in total. The maximum absolute atomic E-state index is 12.2. The summed E-state index contributed by atoms with van der Waals surface area (Å²) in [4.78, 5) is 15.4. The molecule has 4 heteroatoms. The predicted octanol–water partition coefficient (Wildman–Crippen LogP) is 2.86. The summed E-state index contributed by atoms with van der Waals surface area (Å²) in [6.07, 6.45) is 0.114. The van der Waals surface area contributed by atoms with Gasteiger partial charge in [0.2, 0.25) is 0 Å². The van der Waals surface area contributed by atoms with Gasteiger partial charge in [-0.1, -0.05) is 11.6 Å². The van der Waals surface area contributed by atoms with Crippen molar-refractivity contribution in [3.63, 3.8) is 0 Å². The molecule has 0 aliphatic carbocycles. The van der Waals surface area contributed by atoms with Crippen LogP contribution in [0.2, 0.25) is 5.02 Å². The van der Waals surface area contributed by atoms with Crippen LogP contribution in [0.5, 0.6) is 0 Å². The van der Waals surface area contributed by atoms with E-state index < -0.39 is 0 Å². The number of rotatable bonds is 1. The number of hydrogen-bond donors (Lipinski definition) is 1. The van der Waals surface area contributed by atoms with Crippen molar-refractivity contribution in [2.24, 2.45) is 0 Å². The molecular weight excluding hydrogens is 236 g/mol. The minimum Gasteiger partial charge on any atom is -0.358 e. The van der Waals surface area contributed by atoms with Gasteiger partial charge in [0.1, 0.15) is 0 Å². The van der Waals surface area contributed by atoms with Gasteiger partial charge in [0, 0.05) is 21.7 Å². The van der Waals surface area contributed by atoms with Crippen molar-refractivity contribution in [3.8, 4) is 6.07 Å². The van der Waals surface area contributed by atoms with E-state index >= 15 is 0 Å². The van der Waals surface area contributed by atoms with E-state index in [0.29, 0.717) is 16.0 Å². The fourth-order valence-electron chi connectivity index (χ4n) is 1.98. The molecule has 0 radical (unpaired) electrons. The average Bonchev–Trinajstić information content (AvgIpc) is 2.26.